The Balaban J connectivity index is 1.78. The maximum atomic E-state index is 14.0. The Morgan fingerprint density at radius 1 is 1.03 bits per heavy atom. The smallest absolute Gasteiger partial charge is 0.352 e. The fraction of sp³-hybridized carbons (Fsp3) is 0.321. The van der Waals surface area contributed by atoms with E-state index in [2.05, 4.69) is 10.3 Å². The third kappa shape index (κ3) is 4.01. The van der Waals surface area contributed by atoms with Crippen LogP contribution in [0.15, 0.2) is 53.3 Å². The summed E-state index contributed by atoms with van der Waals surface area (Å²) in [6.07, 6.45) is 5.19. The number of aromatic nitrogens is 2. The topological polar surface area (TPSA) is 104 Å². The number of rotatable bonds is 5. The van der Waals surface area contributed by atoms with E-state index in [1.165, 1.54) is 11.0 Å². The third-order valence-electron chi connectivity index (χ3n) is 7.18. The molecule has 1 fully saturated rings. The number of fused-ring (bicyclic) bond motifs is 3. The molecule has 1 atom stereocenters. The number of aromatic amines is 1. The van der Waals surface area contributed by atoms with Crippen molar-refractivity contribution in [2.45, 2.75) is 58.0 Å². The van der Waals surface area contributed by atoms with Crippen LogP contribution in [0.25, 0.3) is 21.8 Å². The summed E-state index contributed by atoms with van der Waals surface area (Å²) in [5.74, 6) is -1.35. The van der Waals surface area contributed by atoms with Gasteiger partial charge in [0, 0.05) is 11.4 Å². The molecule has 2 aromatic carbocycles. The molecule has 1 unspecified atom stereocenters. The van der Waals surface area contributed by atoms with Gasteiger partial charge < -0.3 is 15.4 Å². The standard InChI is InChI=1S/C28H29N3O4/c1-16-12-14-18(15-13-16)25(26(32)29-19-8-4-3-5-9-19)31-21-11-7-6-10-20(21)24-22(27(31)33)17(2)23(30-24)28(34)35/h6-7,10-15,19,25,30H,3-5,8-9H2,1-2H3,(H,29,32)(H,34,35). The van der Waals surface area contributed by atoms with Crippen LogP contribution in [-0.4, -0.2) is 32.6 Å². The van der Waals surface area contributed by atoms with Crippen LogP contribution in [0, 0.1) is 13.8 Å². The molecule has 1 aliphatic rings. The normalized spacial score (nSPS) is 15.4. The van der Waals surface area contributed by atoms with E-state index in [4.69, 9.17) is 0 Å². The van der Waals surface area contributed by atoms with Crippen molar-refractivity contribution >= 4 is 33.7 Å². The van der Waals surface area contributed by atoms with E-state index in [0.717, 1.165) is 31.2 Å². The van der Waals surface area contributed by atoms with Gasteiger partial charge in [-0.1, -0.05) is 67.3 Å². The van der Waals surface area contributed by atoms with Gasteiger partial charge in [-0.15, -0.1) is 0 Å². The number of carboxylic acids is 1. The molecule has 4 aromatic rings. The molecule has 35 heavy (non-hydrogen) atoms. The van der Waals surface area contributed by atoms with Gasteiger partial charge in [0.2, 0.25) is 5.91 Å². The predicted molar refractivity (Wildman–Crippen MR) is 136 cm³/mol. The Labute approximate surface area is 202 Å². The zero-order valence-electron chi connectivity index (χ0n) is 19.9. The van der Waals surface area contributed by atoms with E-state index in [-0.39, 0.29) is 23.2 Å². The molecule has 5 rings (SSSR count). The SMILES string of the molecule is Cc1ccc(C(C(=O)NC2CCCCC2)n2c(=O)c3c(C)c(C(=O)O)[nH]c3c3ccccc32)cc1. The van der Waals surface area contributed by atoms with E-state index in [0.29, 0.717) is 32.9 Å². The molecule has 2 heterocycles. The first kappa shape index (κ1) is 22.9. The van der Waals surface area contributed by atoms with Crippen molar-refractivity contribution in [3.63, 3.8) is 0 Å². The number of nitrogens with zero attached hydrogens (tertiary/aromatic N) is 1. The Morgan fingerprint density at radius 2 is 1.71 bits per heavy atom. The van der Waals surface area contributed by atoms with Crippen molar-refractivity contribution in [1.29, 1.82) is 0 Å². The molecule has 0 aliphatic heterocycles. The van der Waals surface area contributed by atoms with Crippen LogP contribution in [0.2, 0.25) is 0 Å². The Morgan fingerprint density at radius 3 is 2.40 bits per heavy atom. The van der Waals surface area contributed by atoms with E-state index in [1.807, 2.05) is 55.5 Å². The van der Waals surface area contributed by atoms with Gasteiger partial charge in [0.1, 0.15) is 11.7 Å². The lowest BCUT2D eigenvalue weighted by Crippen LogP contribution is -2.43. The van der Waals surface area contributed by atoms with Crippen LogP contribution in [-0.2, 0) is 4.79 Å². The lowest BCUT2D eigenvalue weighted by molar-refractivity contribution is -0.124. The Kier molecular flexibility index (Phi) is 5.93. The van der Waals surface area contributed by atoms with E-state index < -0.39 is 12.0 Å². The highest BCUT2D eigenvalue weighted by Crippen LogP contribution is 2.30. The average molecular weight is 472 g/mol. The van der Waals surface area contributed by atoms with Gasteiger partial charge >= 0.3 is 5.97 Å². The number of hydrogen-bond donors (Lipinski definition) is 3. The number of benzene rings is 2. The van der Waals surface area contributed by atoms with Crippen molar-refractivity contribution in [2.24, 2.45) is 0 Å². The van der Waals surface area contributed by atoms with Gasteiger partial charge in [-0.25, -0.2) is 4.79 Å². The van der Waals surface area contributed by atoms with Gasteiger partial charge in [0.05, 0.1) is 16.4 Å². The maximum absolute atomic E-state index is 14.0. The molecule has 1 aliphatic carbocycles. The van der Waals surface area contributed by atoms with Crippen molar-refractivity contribution in [2.75, 3.05) is 0 Å². The minimum Gasteiger partial charge on any atom is -0.477 e. The molecule has 0 bridgehead atoms. The first-order chi connectivity index (χ1) is 16.9. The molecule has 0 radical (unpaired) electrons. The minimum absolute atomic E-state index is 0.0152. The summed E-state index contributed by atoms with van der Waals surface area (Å²) in [5.41, 5.74) is 2.79. The maximum Gasteiger partial charge on any atom is 0.352 e. The Hall–Kier alpha value is -3.87. The summed E-state index contributed by atoms with van der Waals surface area (Å²) in [6.45, 7) is 3.61. The quantitative estimate of drug-likeness (QED) is 0.388. The van der Waals surface area contributed by atoms with Crippen LogP contribution in [0.4, 0.5) is 0 Å². The van der Waals surface area contributed by atoms with E-state index >= 15 is 0 Å². The van der Waals surface area contributed by atoms with Crippen molar-refractivity contribution in [3.05, 3.63) is 81.3 Å². The summed E-state index contributed by atoms with van der Waals surface area (Å²) in [7, 11) is 0. The summed E-state index contributed by atoms with van der Waals surface area (Å²) >= 11 is 0. The Bertz CT molecular complexity index is 1490. The second-order valence-electron chi connectivity index (χ2n) is 9.53. The number of aryl methyl sites for hydroxylation is 2. The molecule has 1 saturated carbocycles. The number of hydrogen-bond acceptors (Lipinski definition) is 3. The minimum atomic E-state index is -1.13. The van der Waals surface area contributed by atoms with Crippen molar-refractivity contribution in [3.8, 4) is 0 Å². The van der Waals surface area contributed by atoms with Gasteiger partial charge in [-0.2, -0.15) is 0 Å². The summed E-state index contributed by atoms with van der Waals surface area (Å²) in [4.78, 5) is 42.7. The predicted octanol–water partition coefficient (Wildman–Crippen LogP) is 4.84. The van der Waals surface area contributed by atoms with Gasteiger partial charge in [0.15, 0.2) is 0 Å². The first-order valence-electron chi connectivity index (χ1n) is 12.1. The fourth-order valence-corrected chi connectivity index (χ4v) is 5.35. The molecule has 0 spiro atoms. The van der Waals surface area contributed by atoms with Crippen molar-refractivity contribution < 1.29 is 14.7 Å². The second kappa shape index (κ2) is 9.06. The average Bonchev–Trinajstić information content (AvgIpc) is 3.21. The molecule has 0 saturated heterocycles. The monoisotopic (exact) mass is 471 g/mol. The molecular weight excluding hydrogens is 442 g/mol. The number of H-pyrrole nitrogens is 1. The largest absolute Gasteiger partial charge is 0.477 e. The molecule has 1 amide bonds. The number of carbonyl (C=O) groups is 2. The van der Waals surface area contributed by atoms with Crippen LogP contribution >= 0.6 is 0 Å². The zero-order valence-corrected chi connectivity index (χ0v) is 19.9. The highest BCUT2D eigenvalue weighted by Gasteiger charge is 2.30. The van der Waals surface area contributed by atoms with Gasteiger partial charge in [-0.05, 0) is 43.9 Å². The van der Waals surface area contributed by atoms with Gasteiger partial charge in [0.25, 0.3) is 5.56 Å². The molecule has 3 N–H and O–H groups in total. The summed E-state index contributed by atoms with van der Waals surface area (Å²) in [6, 6.07) is 14.2. The van der Waals surface area contributed by atoms with Crippen LogP contribution in [0.5, 0.6) is 0 Å². The second-order valence-corrected chi connectivity index (χ2v) is 9.53. The number of amides is 1. The van der Waals surface area contributed by atoms with Crippen molar-refractivity contribution in [1.82, 2.24) is 14.9 Å². The van der Waals surface area contributed by atoms with Crippen LogP contribution in [0.3, 0.4) is 0 Å². The highest BCUT2D eigenvalue weighted by molar-refractivity contribution is 6.09. The number of pyridine rings is 1. The lowest BCUT2D eigenvalue weighted by atomic mass is 9.94. The molecule has 180 valence electrons. The first-order valence-corrected chi connectivity index (χ1v) is 12.1. The molecular formula is C28H29N3O4. The van der Waals surface area contributed by atoms with E-state index in [1.54, 1.807) is 6.92 Å². The number of carbonyl (C=O) groups excluding carboxylic acids is 1. The number of para-hydroxylation sites is 1. The molecule has 7 nitrogen and oxygen atoms in total. The van der Waals surface area contributed by atoms with Gasteiger partial charge in [-0.3, -0.25) is 14.2 Å². The molecule has 2 aromatic heterocycles. The third-order valence-corrected chi connectivity index (χ3v) is 7.18. The molecule has 7 heteroatoms. The number of nitrogens with one attached hydrogen (secondary N) is 2. The fourth-order valence-electron chi connectivity index (χ4n) is 5.35. The highest BCUT2D eigenvalue weighted by atomic mass is 16.4. The summed E-state index contributed by atoms with van der Waals surface area (Å²) < 4.78 is 1.53. The zero-order chi connectivity index (χ0) is 24.7. The van der Waals surface area contributed by atoms with Crippen LogP contribution < -0.4 is 10.9 Å². The number of aromatic carboxylic acids is 1. The number of carboxylic acid groups (broad SMARTS) is 1. The van der Waals surface area contributed by atoms with E-state index in [9.17, 15) is 19.5 Å². The lowest BCUT2D eigenvalue weighted by Gasteiger charge is -2.27. The van der Waals surface area contributed by atoms with Crippen LogP contribution in [0.1, 0.15) is 65.3 Å². The summed E-state index contributed by atoms with van der Waals surface area (Å²) in [5, 5.41) is 13.9.